The topological polar surface area (TPSA) is 109 Å². The fourth-order valence-electron chi connectivity index (χ4n) is 1.72. The summed E-state index contributed by atoms with van der Waals surface area (Å²) in [5.41, 5.74) is 5.72. The molecule has 21 heavy (non-hydrogen) atoms. The van der Waals surface area contributed by atoms with Gasteiger partial charge in [0.25, 0.3) is 0 Å². The van der Waals surface area contributed by atoms with Crippen LogP contribution in [-0.4, -0.2) is 28.9 Å². The molecule has 0 saturated carbocycles. The van der Waals surface area contributed by atoms with Gasteiger partial charge in [-0.25, -0.2) is 9.18 Å². The van der Waals surface area contributed by atoms with E-state index >= 15 is 0 Å². The zero-order valence-corrected chi connectivity index (χ0v) is 11.3. The number of aryl methyl sites for hydroxylation is 1. The first-order valence-electron chi connectivity index (χ1n) is 6.43. The third-order valence-electron chi connectivity index (χ3n) is 2.87. The van der Waals surface area contributed by atoms with Crippen molar-refractivity contribution in [3.05, 3.63) is 35.6 Å². The van der Waals surface area contributed by atoms with Gasteiger partial charge in [0.05, 0.1) is 0 Å². The third-order valence-corrected chi connectivity index (χ3v) is 2.87. The largest absolute Gasteiger partial charge is 0.480 e. The Morgan fingerprint density at radius 2 is 1.81 bits per heavy atom. The lowest BCUT2D eigenvalue weighted by atomic mass is 10.1. The summed E-state index contributed by atoms with van der Waals surface area (Å²) in [6, 6.07) is 4.56. The number of aliphatic carboxylic acids is 1. The second kappa shape index (κ2) is 7.98. The van der Waals surface area contributed by atoms with Crippen LogP contribution in [0.15, 0.2) is 24.3 Å². The maximum Gasteiger partial charge on any atom is 0.326 e. The van der Waals surface area contributed by atoms with Gasteiger partial charge >= 0.3 is 5.97 Å². The van der Waals surface area contributed by atoms with Crippen LogP contribution in [0.25, 0.3) is 0 Å². The minimum atomic E-state index is -1.22. The van der Waals surface area contributed by atoms with Crippen LogP contribution < -0.4 is 11.1 Å². The number of halogens is 1. The summed E-state index contributed by atoms with van der Waals surface area (Å²) in [4.78, 5) is 33.3. The van der Waals surface area contributed by atoms with E-state index in [0.29, 0.717) is 6.42 Å². The summed E-state index contributed by atoms with van der Waals surface area (Å²) in [6.45, 7) is 0. The van der Waals surface area contributed by atoms with E-state index in [1.807, 2.05) is 0 Å². The van der Waals surface area contributed by atoms with Gasteiger partial charge in [0.2, 0.25) is 11.8 Å². The second-order valence-corrected chi connectivity index (χ2v) is 4.59. The van der Waals surface area contributed by atoms with E-state index in [0.717, 1.165) is 5.56 Å². The minimum absolute atomic E-state index is 0.0487. The van der Waals surface area contributed by atoms with Gasteiger partial charge in [0.15, 0.2) is 0 Å². The Bertz CT molecular complexity index is 516. The van der Waals surface area contributed by atoms with Crippen molar-refractivity contribution in [2.75, 3.05) is 0 Å². The molecule has 0 aliphatic carbocycles. The summed E-state index contributed by atoms with van der Waals surface area (Å²) < 4.78 is 12.7. The van der Waals surface area contributed by atoms with Gasteiger partial charge in [-0.3, -0.25) is 9.59 Å². The number of hydrogen-bond acceptors (Lipinski definition) is 3. The molecule has 2 amide bonds. The number of nitrogens with one attached hydrogen (secondary N) is 1. The summed E-state index contributed by atoms with van der Waals surface area (Å²) in [7, 11) is 0. The molecule has 0 heterocycles. The number of carboxylic acid groups (broad SMARTS) is 1. The number of carboxylic acids is 1. The first-order chi connectivity index (χ1) is 9.88. The Kier molecular flexibility index (Phi) is 6.32. The first kappa shape index (κ1) is 16.6. The maximum absolute atomic E-state index is 12.7. The molecule has 0 spiro atoms. The van der Waals surface area contributed by atoms with E-state index in [9.17, 15) is 18.8 Å². The molecular formula is C14H17FN2O4. The first-order valence-corrected chi connectivity index (χ1v) is 6.43. The molecule has 7 heteroatoms. The van der Waals surface area contributed by atoms with Crippen LogP contribution >= 0.6 is 0 Å². The molecule has 0 bridgehead atoms. The molecule has 6 nitrogen and oxygen atoms in total. The molecule has 0 saturated heterocycles. The van der Waals surface area contributed by atoms with Crippen LogP contribution in [0.1, 0.15) is 24.8 Å². The van der Waals surface area contributed by atoms with Gasteiger partial charge < -0.3 is 16.2 Å². The normalized spacial score (nSPS) is 11.7. The summed E-state index contributed by atoms with van der Waals surface area (Å²) >= 11 is 0. The highest BCUT2D eigenvalue weighted by Crippen LogP contribution is 2.06. The van der Waals surface area contributed by atoms with Crippen LogP contribution in [0.5, 0.6) is 0 Å². The van der Waals surface area contributed by atoms with Crippen molar-refractivity contribution in [3.8, 4) is 0 Å². The van der Waals surface area contributed by atoms with E-state index in [4.69, 9.17) is 10.8 Å². The third kappa shape index (κ3) is 6.51. The standard InChI is InChI=1S/C14H17FN2O4/c15-10-4-1-9(2-5-10)3-8-13(19)17-11(14(20)21)6-7-12(16)18/h1-2,4-5,11H,3,6-8H2,(H2,16,18)(H,17,19)(H,20,21). The van der Waals surface area contributed by atoms with Crippen molar-refractivity contribution < 1.29 is 23.9 Å². The van der Waals surface area contributed by atoms with Crippen molar-refractivity contribution in [1.29, 1.82) is 0 Å². The average Bonchev–Trinajstić information content (AvgIpc) is 2.42. The molecular weight excluding hydrogens is 279 g/mol. The number of carbonyl (C=O) groups is 3. The predicted molar refractivity (Wildman–Crippen MR) is 72.7 cm³/mol. The van der Waals surface area contributed by atoms with Crippen LogP contribution in [0.3, 0.4) is 0 Å². The van der Waals surface area contributed by atoms with Gasteiger partial charge in [-0.2, -0.15) is 0 Å². The van der Waals surface area contributed by atoms with E-state index in [1.165, 1.54) is 12.1 Å². The lowest BCUT2D eigenvalue weighted by Crippen LogP contribution is -2.41. The number of primary amides is 1. The molecule has 1 rings (SSSR count). The fraction of sp³-hybridized carbons (Fsp3) is 0.357. The molecule has 0 aromatic heterocycles. The van der Waals surface area contributed by atoms with Gasteiger partial charge in [0, 0.05) is 12.8 Å². The molecule has 1 atom stereocenters. The number of benzene rings is 1. The van der Waals surface area contributed by atoms with Crippen molar-refractivity contribution in [2.45, 2.75) is 31.7 Å². The summed E-state index contributed by atoms with van der Waals surface area (Å²) in [6.07, 6.45) is 0.280. The molecule has 0 aliphatic rings. The highest BCUT2D eigenvalue weighted by atomic mass is 19.1. The highest BCUT2D eigenvalue weighted by molar-refractivity contribution is 5.84. The van der Waals surface area contributed by atoms with Crippen LogP contribution in [-0.2, 0) is 20.8 Å². The van der Waals surface area contributed by atoms with Crippen molar-refractivity contribution in [2.24, 2.45) is 5.73 Å². The van der Waals surface area contributed by atoms with Crippen molar-refractivity contribution in [1.82, 2.24) is 5.32 Å². The zero-order chi connectivity index (χ0) is 15.8. The quantitative estimate of drug-likeness (QED) is 0.652. The number of nitrogens with two attached hydrogens (primary N) is 1. The SMILES string of the molecule is NC(=O)CCC(NC(=O)CCc1ccc(F)cc1)C(=O)O. The van der Waals surface area contributed by atoms with Crippen molar-refractivity contribution >= 4 is 17.8 Å². The molecule has 0 aliphatic heterocycles. The predicted octanol–water partition coefficient (Wildman–Crippen LogP) is 0.593. The zero-order valence-electron chi connectivity index (χ0n) is 11.3. The van der Waals surface area contributed by atoms with E-state index in [-0.39, 0.29) is 25.1 Å². The number of rotatable bonds is 8. The molecule has 0 fully saturated rings. The van der Waals surface area contributed by atoms with Crippen molar-refractivity contribution in [3.63, 3.8) is 0 Å². The van der Waals surface area contributed by atoms with Gasteiger partial charge in [0.1, 0.15) is 11.9 Å². The Morgan fingerprint density at radius 1 is 1.19 bits per heavy atom. The van der Waals surface area contributed by atoms with Crippen LogP contribution in [0, 0.1) is 5.82 Å². The molecule has 1 unspecified atom stereocenters. The molecule has 114 valence electrons. The van der Waals surface area contributed by atoms with Gasteiger partial charge in [-0.1, -0.05) is 12.1 Å². The Morgan fingerprint density at radius 3 is 2.33 bits per heavy atom. The average molecular weight is 296 g/mol. The van der Waals surface area contributed by atoms with Crippen LogP contribution in [0.4, 0.5) is 4.39 Å². The highest BCUT2D eigenvalue weighted by Gasteiger charge is 2.20. The second-order valence-electron chi connectivity index (χ2n) is 4.59. The number of carbonyl (C=O) groups excluding carboxylic acids is 2. The summed E-state index contributed by atoms with van der Waals surface area (Å²) in [5, 5.41) is 11.3. The van der Waals surface area contributed by atoms with Crippen LogP contribution in [0.2, 0.25) is 0 Å². The Hall–Kier alpha value is -2.44. The molecule has 1 aromatic rings. The minimum Gasteiger partial charge on any atom is -0.480 e. The fourth-order valence-corrected chi connectivity index (χ4v) is 1.72. The maximum atomic E-state index is 12.7. The van der Waals surface area contributed by atoms with Gasteiger partial charge in [-0.05, 0) is 30.5 Å². The lowest BCUT2D eigenvalue weighted by Gasteiger charge is -2.13. The lowest BCUT2D eigenvalue weighted by molar-refractivity contribution is -0.142. The smallest absolute Gasteiger partial charge is 0.326 e. The van der Waals surface area contributed by atoms with Gasteiger partial charge in [-0.15, -0.1) is 0 Å². The Balaban J connectivity index is 2.44. The van der Waals surface area contributed by atoms with E-state index < -0.39 is 23.8 Å². The number of hydrogen-bond donors (Lipinski definition) is 3. The van der Waals surface area contributed by atoms with E-state index in [2.05, 4.69) is 5.32 Å². The number of amides is 2. The molecule has 4 N–H and O–H groups in total. The Labute approximate surface area is 121 Å². The monoisotopic (exact) mass is 296 g/mol. The molecule has 1 aromatic carbocycles. The summed E-state index contributed by atoms with van der Waals surface area (Å²) in [5.74, 6) is -2.65. The van der Waals surface area contributed by atoms with E-state index in [1.54, 1.807) is 12.1 Å². The molecule has 0 radical (unpaired) electrons.